The number of rotatable bonds is 7. The minimum absolute atomic E-state index is 0.000778. The quantitative estimate of drug-likeness (QED) is 0.445. The number of nitrogens with one attached hydrogen (secondary N) is 1. The van der Waals surface area contributed by atoms with E-state index in [2.05, 4.69) is 24.8 Å². The van der Waals surface area contributed by atoms with Crippen molar-refractivity contribution in [3.8, 4) is 16.9 Å². The Morgan fingerprint density at radius 3 is 2.55 bits per heavy atom. The molecule has 2 unspecified atom stereocenters. The summed E-state index contributed by atoms with van der Waals surface area (Å²) in [4.78, 5) is 21.7. The fraction of sp³-hybridized carbons (Fsp3) is 0.560. The molecule has 2 atom stereocenters. The number of carbonyl (C=O) groups excluding carboxylic acids is 1. The van der Waals surface area contributed by atoms with Crippen molar-refractivity contribution in [2.75, 3.05) is 18.0 Å². The average molecular weight is 589 g/mol. The number of anilines is 1. The Morgan fingerprint density at radius 1 is 1.20 bits per heavy atom. The zero-order valence-corrected chi connectivity index (χ0v) is 23.2. The SMILES string of the molecule is CC1(C(=O)N2CC3CCC2CN3c2cc(S(=O)(=O)NC3(C#N)CC3)cn3c(-c4nnc(C(F)F)s4)ncc23)CC1. The number of piperidine rings is 2. The van der Waals surface area contributed by atoms with E-state index in [-0.39, 0.29) is 39.1 Å². The fourth-order valence-corrected chi connectivity index (χ4v) is 7.89. The summed E-state index contributed by atoms with van der Waals surface area (Å²) in [6.45, 7) is 3.10. The van der Waals surface area contributed by atoms with Gasteiger partial charge in [-0.15, -0.1) is 10.2 Å². The maximum absolute atomic E-state index is 13.5. The number of carbonyl (C=O) groups is 1. The van der Waals surface area contributed by atoms with E-state index >= 15 is 0 Å². The van der Waals surface area contributed by atoms with Crippen molar-refractivity contribution in [1.29, 1.82) is 5.26 Å². The van der Waals surface area contributed by atoms with Crippen molar-refractivity contribution >= 4 is 38.5 Å². The Balaban J connectivity index is 1.32. The molecule has 3 aromatic heterocycles. The summed E-state index contributed by atoms with van der Waals surface area (Å²) in [5.41, 5.74) is -0.195. The van der Waals surface area contributed by atoms with Crippen LogP contribution in [0.2, 0.25) is 0 Å². The number of alkyl halides is 2. The molecule has 8 rings (SSSR count). The minimum Gasteiger partial charge on any atom is -0.363 e. The molecule has 0 spiro atoms. The van der Waals surface area contributed by atoms with Crippen LogP contribution in [0.4, 0.5) is 14.5 Å². The Bertz CT molecular complexity index is 1690. The van der Waals surface area contributed by atoms with E-state index in [4.69, 9.17) is 0 Å². The summed E-state index contributed by atoms with van der Waals surface area (Å²) in [5.74, 6) is 0.385. The molecular weight excluding hydrogens is 562 g/mol. The van der Waals surface area contributed by atoms with E-state index < -0.39 is 27.0 Å². The van der Waals surface area contributed by atoms with Crippen molar-refractivity contribution in [3.05, 3.63) is 23.5 Å². The number of nitriles is 1. The highest BCUT2D eigenvalue weighted by atomic mass is 32.2. The predicted octanol–water partition coefficient (Wildman–Crippen LogP) is 3.10. The van der Waals surface area contributed by atoms with Crippen molar-refractivity contribution in [3.63, 3.8) is 0 Å². The molecule has 1 N–H and O–H groups in total. The number of fused-ring (bicyclic) bond motifs is 4. The van der Waals surface area contributed by atoms with Gasteiger partial charge >= 0.3 is 0 Å². The third kappa shape index (κ3) is 4.07. The molecule has 3 aromatic rings. The predicted molar refractivity (Wildman–Crippen MR) is 140 cm³/mol. The van der Waals surface area contributed by atoms with Crippen LogP contribution in [0.15, 0.2) is 23.4 Å². The number of sulfonamides is 1. The van der Waals surface area contributed by atoms with Gasteiger partial charge in [0, 0.05) is 36.8 Å². The number of piperazine rings is 1. The molecule has 3 saturated heterocycles. The van der Waals surface area contributed by atoms with Crippen molar-refractivity contribution in [2.24, 2.45) is 5.41 Å². The lowest BCUT2D eigenvalue weighted by Gasteiger charge is -2.53. The van der Waals surface area contributed by atoms with Gasteiger partial charge in [0.25, 0.3) is 6.43 Å². The maximum Gasteiger partial charge on any atom is 0.291 e. The minimum atomic E-state index is -4.12. The maximum atomic E-state index is 13.5. The van der Waals surface area contributed by atoms with E-state index in [0.29, 0.717) is 48.5 Å². The van der Waals surface area contributed by atoms with E-state index in [1.165, 1.54) is 6.20 Å². The van der Waals surface area contributed by atoms with Crippen LogP contribution < -0.4 is 9.62 Å². The summed E-state index contributed by atoms with van der Waals surface area (Å²) in [6.07, 6.45) is 4.54. The van der Waals surface area contributed by atoms with Crippen LogP contribution in [0.3, 0.4) is 0 Å². The van der Waals surface area contributed by atoms with E-state index in [1.54, 1.807) is 16.7 Å². The van der Waals surface area contributed by atoms with Crippen molar-refractivity contribution in [2.45, 2.75) is 74.4 Å². The van der Waals surface area contributed by atoms with Gasteiger partial charge in [-0.3, -0.25) is 9.20 Å². The number of pyridine rings is 1. The molecule has 11 nitrogen and oxygen atoms in total. The van der Waals surface area contributed by atoms with E-state index in [9.17, 15) is 27.3 Å². The van der Waals surface area contributed by atoms with Gasteiger partial charge in [-0.2, -0.15) is 9.98 Å². The number of halogens is 2. The number of imidazole rings is 1. The highest BCUT2D eigenvalue weighted by Crippen LogP contribution is 2.48. The molecule has 5 aliphatic rings. The topological polar surface area (TPSA) is 137 Å². The highest BCUT2D eigenvalue weighted by Gasteiger charge is 2.52. The number of hydrogen-bond donors (Lipinski definition) is 1. The first kappa shape index (κ1) is 25.7. The van der Waals surface area contributed by atoms with Crippen molar-refractivity contribution in [1.82, 2.24) is 29.2 Å². The van der Waals surface area contributed by atoms with Gasteiger partial charge in [-0.1, -0.05) is 18.3 Å². The summed E-state index contributed by atoms with van der Waals surface area (Å²) >= 11 is 0.694. The van der Waals surface area contributed by atoms with E-state index in [1.807, 2.05) is 17.9 Å². The molecule has 0 radical (unpaired) electrons. The van der Waals surface area contributed by atoms with Crippen LogP contribution in [0.25, 0.3) is 16.3 Å². The van der Waals surface area contributed by atoms with Gasteiger partial charge < -0.3 is 9.80 Å². The third-order valence-corrected chi connectivity index (χ3v) is 11.1. The van der Waals surface area contributed by atoms with Crippen LogP contribution >= 0.6 is 11.3 Å². The third-order valence-electron chi connectivity index (χ3n) is 8.63. The molecule has 0 aromatic carbocycles. The molecule has 3 aliphatic heterocycles. The summed E-state index contributed by atoms with van der Waals surface area (Å²) < 4.78 is 57.6. The summed E-state index contributed by atoms with van der Waals surface area (Å²) in [6, 6.07) is 3.61. The number of hydrogen-bond acceptors (Lipinski definition) is 9. The molecule has 6 heterocycles. The van der Waals surface area contributed by atoms with Gasteiger partial charge in [-0.05, 0) is 44.6 Å². The standard InChI is InChI=1S/C25H26F2N8O3S2/c1-24(4-5-24)23(36)34-11-14-2-3-15(34)10-33(14)17-8-16(40(37,38)32-25(13-28)6-7-25)12-35-18(17)9-29-20(35)22-31-30-21(39-22)19(26)27/h8-9,12,14-15,19,32H,2-7,10-11H2,1H3. The molecule has 5 fully saturated rings. The first-order valence-corrected chi connectivity index (χ1v) is 15.5. The van der Waals surface area contributed by atoms with Gasteiger partial charge in [-0.25, -0.2) is 22.2 Å². The van der Waals surface area contributed by atoms with Crippen molar-refractivity contribution < 1.29 is 22.0 Å². The fourth-order valence-electron chi connectivity index (χ4n) is 5.80. The van der Waals surface area contributed by atoms with Gasteiger partial charge in [0.2, 0.25) is 15.9 Å². The Hall–Kier alpha value is -3.22. The number of amides is 1. The normalized spacial score (nSPS) is 24.5. The first-order chi connectivity index (χ1) is 19.0. The Morgan fingerprint density at radius 2 is 1.95 bits per heavy atom. The second-order valence-corrected chi connectivity index (χ2v) is 14.2. The average Bonchev–Trinajstić information content (AvgIpc) is 3.76. The molecule has 2 saturated carbocycles. The number of nitrogens with zero attached hydrogens (tertiary/aromatic N) is 7. The zero-order valence-electron chi connectivity index (χ0n) is 21.5. The molecule has 2 bridgehead atoms. The molecule has 40 heavy (non-hydrogen) atoms. The smallest absolute Gasteiger partial charge is 0.291 e. The van der Waals surface area contributed by atoms with Crippen LogP contribution in [-0.2, 0) is 14.8 Å². The second-order valence-electron chi connectivity index (χ2n) is 11.5. The molecule has 210 valence electrons. The highest BCUT2D eigenvalue weighted by molar-refractivity contribution is 7.89. The largest absolute Gasteiger partial charge is 0.363 e. The lowest BCUT2D eigenvalue weighted by molar-refractivity contribution is -0.141. The lowest BCUT2D eigenvalue weighted by atomic mass is 9.88. The number of aromatic nitrogens is 4. The Labute approximate surface area is 232 Å². The lowest BCUT2D eigenvalue weighted by Crippen LogP contribution is -2.65. The van der Waals surface area contributed by atoms with Crippen LogP contribution in [-0.4, -0.2) is 69.5 Å². The van der Waals surface area contributed by atoms with E-state index in [0.717, 1.165) is 25.7 Å². The first-order valence-electron chi connectivity index (χ1n) is 13.2. The molecule has 15 heteroatoms. The van der Waals surface area contributed by atoms with Gasteiger partial charge in [0.1, 0.15) is 10.4 Å². The van der Waals surface area contributed by atoms with Crippen LogP contribution in [0.5, 0.6) is 0 Å². The monoisotopic (exact) mass is 588 g/mol. The molecular formula is C25H26F2N8O3S2. The molecule has 2 aliphatic carbocycles. The van der Waals surface area contributed by atoms with Crippen LogP contribution in [0.1, 0.15) is 56.9 Å². The molecule has 1 amide bonds. The Kier molecular flexibility index (Phi) is 5.56. The van der Waals surface area contributed by atoms with Gasteiger partial charge in [0.05, 0.1) is 23.5 Å². The second kappa shape index (κ2) is 8.64. The summed E-state index contributed by atoms with van der Waals surface area (Å²) in [7, 11) is -4.12. The van der Waals surface area contributed by atoms with Crippen LogP contribution in [0, 0.1) is 16.7 Å². The zero-order chi connectivity index (χ0) is 28.0. The van der Waals surface area contributed by atoms with Gasteiger partial charge in [0.15, 0.2) is 15.8 Å². The summed E-state index contributed by atoms with van der Waals surface area (Å²) in [5, 5.41) is 16.6.